The quantitative estimate of drug-likeness (QED) is 0.541. The number of rotatable bonds is 6. The van der Waals surface area contributed by atoms with Gasteiger partial charge in [0.25, 0.3) is 5.91 Å². The summed E-state index contributed by atoms with van der Waals surface area (Å²) >= 11 is 2.28. The monoisotopic (exact) mass is 463 g/mol. The molecule has 0 bridgehead atoms. The van der Waals surface area contributed by atoms with Crippen molar-refractivity contribution in [3.05, 3.63) is 57.2 Å². The number of nitrogens with one attached hydrogen (secondary N) is 1. The van der Waals surface area contributed by atoms with E-state index in [2.05, 4.69) is 53.0 Å². The number of benzene rings is 2. The van der Waals surface area contributed by atoms with Gasteiger partial charge in [0.05, 0.1) is 0 Å². The van der Waals surface area contributed by atoms with Gasteiger partial charge in [0.1, 0.15) is 5.75 Å². The Balaban J connectivity index is 1.53. The van der Waals surface area contributed by atoms with Crippen molar-refractivity contribution < 1.29 is 9.53 Å². The van der Waals surface area contributed by atoms with Crippen LogP contribution in [0.2, 0.25) is 0 Å². The van der Waals surface area contributed by atoms with Gasteiger partial charge in [0, 0.05) is 9.26 Å². The number of ether oxygens (including phenoxy) is 1. The average Bonchev–Trinajstić information content (AvgIpc) is 2.69. The first kappa shape index (κ1) is 19.2. The van der Waals surface area contributed by atoms with Gasteiger partial charge < -0.3 is 10.1 Å². The van der Waals surface area contributed by atoms with Crippen LogP contribution in [0.1, 0.15) is 56.1 Å². The van der Waals surface area contributed by atoms with Crippen molar-refractivity contribution in [3.8, 4) is 5.75 Å². The van der Waals surface area contributed by atoms with Crippen LogP contribution in [0.3, 0.4) is 0 Å². The van der Waals surface area contributed by atoms with E-state index in [1.165, 1.54) is 41.2 Å². The van der Waals surface area contributed by atoms with Crippen molar-refractivity contribution in [1.29, 1.82) is 0 Å². The highest BCUT2D eigenvalue weighted by Gasteiger charge is 2.15. The topological polar surface area (TPSA) is 38.3 Å². The molecule has 3 rings (SSSR count). The van der Waals surface area contributed by atoms with E-state index in [0.29, 0.717) is 5.92 Å². The van der Waals surface area contributed by atoms with Gasteiger partial charge in [-0.25, -0.2) is 0 Å². The minimum Gasteiger partial charge on any atom is -0.484 e. The predicted molar refractivity (Wildman–Crippen MR) is 115 cm³/mol. The van der Waals surface area contributed by atoms with Crippen molar-refractivity contribution in [2.45, 2.75) is 51.4 Å². The first-order valence-electron chi connectivity index (χ1n) is 9.46. The largest absolute Gasteiger partial charge is 0.484 e. The molecule has 0 aromatic heterocycles. The number of amides is 1. The van der Waals surface area contributed by atoms with E-state index in [-0.39, 0.29) is 12.5 Å². The van der Waals surface area contributed by atoms with Gasteiger partial charge in [-0.15, -0.1) is 0 Å². The molecular formula is C22H26INO2. The summed E-state index contributed by atoms with van der Waals surface area (Å²) in [6.45, 7) is 2.11. The highest BCUT2D eigenvalue weighted by Crippen LogP contribution is 2.33. The molecule has 0 radical (unpaired) electrons. The van der Waals surface area contributed by atoms with E-state index >= 15 is 0 Å². The molecule has 1 aliphatic carbocycles. The zero-order valence-corrected chi connectivity index (χ0v) is 17.4. The second-order valence-corrected chi connectivity index (χ2v) is 8.14. The van der Waals surface area contributed by atoms with Crippen LogP contribution in [0.4, 0.5) is 5.69 Å². The minimum absolute atomic E-state index is 0.0257. The lowest BCUT2D eigenvalue weighted by Gasteiger charge is -2.22. The van der Waals surface area contributed by atoms with Crippen molar-refractivity contribution in [1.82, 2.24) is 0 Å². The van der Waals surface area contributed by atoms with E-state index < -0.39 is 0 Å². The lowest BCUT2D eigenvalue weighted by atomic mass is 9.84. The van der Waals surface area contributed by atoms with Crippen LogP contribution < -0.4 is 10.1 Å². The van der Waals surface area contributed by atoms with E-state index in [0.717, 1.165) is 23.4 Å². The molecule has 2 aromatic rings. The molecule has 0 atom stereocenters. The van der Waals surface area contributed by atoms with Gasteiger partial charge in [0.15, 0.2) is 6.61 Å². The third kappa shape index (κ3) is 5.22. The molecule has 0 saturated heterocycles. The highest BCUT2D eigenvalue weighted by molar-refractivity contribution is 14.1. The maximum absolute atomic E-state index is 12.2. The summed E-state index contributed by atoms with van der Waals surface area (Å²) in [5.74, 6) is 1.31. The standard InChI is InChI=1S/C22H26INO2/c1-2-16-14-19(23)10-13-21(16)24-22(25)15-26-20-11-8-18(9-12-20)17-6-4-3-5-7-17/h8-14,17H,2-7,15H2,1H3,(H,24,25). The van der Waals surface area contributed by atoms with Crippen LogP contribution in [0.5, 0.6) is 5.75 Å². The lowest BCUT2D eigenvalue weighted by Crippen LogP contribution is -2.21. The van der Waals surface area contributed by atoms with Gasteiger partial charge in [-0.05, 0) is 89.2 Å². The molecule has 3 nitrogen and oxygen atoms in total. The van der Waals surface area contributed by atoms with Crippen LogP contribution in [0.15, 0.2) is 42.5 Å². The molecule has 0 heterocycles. The fourth-order valence-corrected chi connectivity index (χ4v) is 4.14. The Labute approximate surface area is 169 Å². The number of carbonyl (C=O) groups excluding carboxylic acids is 1. The van der Waals surface area contributed by atoms with Gasteiger partial charge in [-0.1, -0.05) is 38.3 Å². The summed E-state index contributed by atoms with van der Waals surface area (Å²) in [6, 6.07) is 14.3. The summed E-state index contributed by atoms with van der Waals surface area (Å²) in [5, 5.41) is 2.95. The van der Waals surface area contributed by atoms with Crippen LogP contribution in [0, 0.1) is 3.57 Å². The van der Waals surface area contributed by atoms with Gasteiger partial charge in [0.2, 0.25) is 0 Å². The summed E-state index contributed by atoms with van der Waals surface area (Å²) in [7, 11) is 0. The molecule has 0 spiro atoms. The van der Waals surface area contributed by atoms with Crippen molar-refractivity contribution >= 4 is 34.2 Å². The molecule has 0 unspecified atom stereocenters. The molecule has 1 fully saturated rings. The zero-order valence-electron chi connectivity index (χ0n) is 15.3. The smallest absolute Gasteiger partial charge is 0.262 e. The molecule has 4 heteroatoms. The normalized spacial score (nSPS) is 14.8. The number of hydrogen-bond acceptors (Lipinski definition) is 2. The Kier molecular flexibility index (Phi) is 6.94. The fraction of sp³-hybridized carbons (Fsp3) is 0.409. The number of hydrogen-bond donors (Lipinski definition) is 1. The summed E-state index contributed by atoms with van der Waals surface area (Å²) < 4.78 is 6.84. The third-order valence-electron chi connectivity index (χ3n) is 5.05. The Morgan fingerprint density at radius 3 is 2.54 bits per heavy atom. The fourth-order valence-electron chi connectivity index (χ4n) is 3.58. The average molecular weight is 463 g/mol. The Hall–Kier alpha value is -1.56. The first-order chi connectivity index (χ1) is 12.7. The first-order valence-corrected chi connectivity index (χ1v) is 10.5. The maximum atomic E-state index is 12.2. The lowest BCUT2D eigenvalue weighted by molar-refractivity contribution is -0.118. The Morgan fingerprint density at radius 1 is 1.12 bits per heavy atom. The van der Waals surface area contributed by atoms with Crippen molar-refractivity contribution in [2.75, 3.05) is 11.9 Å². The van der Waals surface area contributed by atoms with Gasteiger partial charge in [-0.3, -0.25) is 4.79 Å². The van der Waals surface area contributed by atoms with Crippen molar-refractivity contribution in [3.63, 3.8) is 0 Å². The molecule has 1 saturated carbocycles. The van der Waals surface area contributed by atoms with E-state index in [9.17, 15) is 4.79 Å². The second-order valence-electron chi connectivity index (χ2n) is 6.90. The Morgan fingerprint density at radius 2 is 1.85 bits per heavy atom. The molecule has 1 aliphatic rings. The van der Waals surface area contributed by atoms with E-state index in [4.69, 9.17) is 4.74 Å². The minimum atomic E-state index is -0.128. The molecular weight excluding hydrogens is 437 g/mol. The van der Waals surface area contributed by atoms with E-state index in [1.54, 1.807) is 0 Å². The predicted octanol–water partition coefficient (Wildman–Crippen LogP) is 5.92. The third-order valence-corrected chi connectivity index (χ3v) is 5.72. The SMILES string of the molecule is CCc1cc(I)ccc1NC(=O)COc1ccc(C2CCCCC2)cc1. The van der Waals surface area contributed by atoms with Crippen LogP contribution in [-0.4, -0.2) is 12.5 Å². The summed E-state index contributed by atoms with van der Waals surface area (Å²) in [6.07, 6.45) is 7.50. The Bertz CT molecular complexity index is 736. The number of anilines is 1. The molecule has 1 N–H and O–H groups in total. The van der Waals surface area contributed by atoms with Crippen molar-refractivity contribution in [2.24, 2.45) is 0 Å². The summed E-state index contributed by atoms with van der Waals surface area (Å²) in [5.41, 5.74) is 3.41. The molecule has 2 aromatic carbocycles. The molecule has 1 amide bonds. The highest BCUT2D eigenvalue weighted by atomic mass is 127. The zero-order chi connectivity index (χ0) is 18.4. The van der Waals surface area contributed by atoms with Gasteiger partial charge >= 0.3 is 0 Å². The number of halogens is 1. The summed E-state index contributed by atoms with van der Waals surface area (Å²) in [4.78, 5) is 12.2. The van der Waals surface area contributed by atoms with E-state index in [1.807, 2.05) is 24.3 Å². The molecule has 0 aliphatic heterocycles. The molecule has 26 heavy (non-hydrogen) atoms. The maximum Gasteiger partial charge on any atom is 0.262 e. The van der Waals surface area contributed by atoms with Crippen LogP contribution in [-0.2, 0) is 11.2 Å². The van der Waals surface area contributed by atoms with Gasteiger partial charge in [-0.2, -0.15) is 0 Å². The van der Waals surface area contributed by atoms with Crippen LogP contribution >= 0.6 is 22.6 Å². The second kappa shape index (κ2) is 9.40. The van der Waals surface area contributed by atoms with Crippen LogP contribution in [0.25, 0.3) is 0 Å². The number of aryl methyl sites for hydroxylation is 1. The number of carbonyl (C=O) groups is 1. The molecule has 138 valence electrons.